The van der Waals surface area contributed by atoms with Crippen LogP contribution in [0.5, 0.6) is 0 Å². The van der Waals surface area contributed by atoms with Gasteiger partial charge in [0.05, 0.1) is 5.71 Å². The molecule has 0 N–H and O–H groups in total. The lowest BCUT2D eigenvalue weighted by molar-refractivity contribution is 0.211. The monoisotopic (exact) mass is 313 g/mol. The number of anilines is 1. The minimum absolute atomic E-state index is 0.481. The number of oxime groups is 1. The van der Waals surface area contributed by atoms with Crippen molar-refractivity contribution in [2.24, 2.45) is 11.1 Å². The Hall–Kier alpha value is -1.55. The Kier molecular flexibility index (Phi) is 3.80. The molecule has 1 saturated carbocycles. The first-order valence-corrected chi connectivity index (χ1v) is 8.92. The third kappa shape index (κ3) is 2.63. The number of likely N-dealkylation sites (tertiary alicyclic amines) is 1. The Labute approximate surface area is 139 Å². The molecular formula is C19H27N3O. The largest absolute Gasteiger partial charge is 0.399 e. The Balaban J connectivity index is 1.43. The zero-order valence-electron chi connectivity index (χ0n) is 14.3. The molecule has 4 heteroatoms. The molecule has 0 amide bonds. The van der Waals surface area contributed by atoms with Crippen LogP contribution < -0.4 is 4.90 Å². The third-order valence-corrected chi connectivity index (χ3v) is 6.03. The van der Waals surface area contributed by atoms with E-state index in [0.717, 1.165) is 31.8 Å². The fourth-order valence-electron chi connectivity index (χ4n) is 4.52. The van der Waals surface area contributed by atoms with Crippen molar-refractivity contribution in [1.82, 2.24) is 4.90 Å². The summed E-state index contributed by atoms with van der Waals surface area (Å²) in [6.45, 7) is 8.10. The highest BCUT2D eigenvalue weighted by Crippen LogP contribution is 2.58. The van der Waals surface area contributed by atoms with Crippen LogP contribution in [0, 0.1) is 5.92 Å². The van der Waals surface area contributed by atoms with Crippen molar-refractivity contribution >= 4 is 11.4 Å². The molecule has 2 unspecified atom stereocenters. The molecule has 2 heterocycles. The summed E-state index contributed by atoms with van der Waals surface area (Å²) in [7, 11) is 1.63. The number of benzene rings is 1. The van der Waals surface area contributed by atoms with Gasteiger partial charge in [-0.3, -0.25) is 0 Å². The number of fused-ring (bicyclic) bond motifs is 1. The first-order valence-electron chi connectivity index (χ1n) is 8.92. The molecule has 2 aliphatic heterocycles. The first kappa shape index (κ1) is 15.0. The smallest absolute Gasteiger partial charge is 0.106 e. The minimum Gasteiger partial charge on any atom is -0.399 e. The number of hydrogen-bond donors (Lipinski definition) is 0. The highest BCUT2D eigenvalue weighted by atomic mass is 16.6. The zero-order chi connectivity index (χ0) is 15.9. The Morgan fingerprint density at radius 3 is 2.57 bits per heavy atom. The van der Waals surface area contributed by atoms with Crippen molar-refractivity contribution in [2.45, 2.75) is 31.6 Å². The van der Waals surface area contributed by atoms with E-state index in [1.165, 1.54) is 37.5 Å². The topological polar surface area (TPSA) is 28.1 Å². The second-order valence-electron chi connectivity index (χ2n) is 7.26. The second kappa shape index (κ2) is 5.82. The molecule has 2 atom stereocenters. The van der Waals surface area contributed by atoms with Crippen LogP contribution in [0.2, 0.25) is 0 Å². The van der Waals surface area contributed by atoms with Crippen molar-refractivity contribution in [3.05, 3.63) is 29.8 Å². The lowest BCUT2D eigenvalue weighted by Crippen LogP contribution is -2.33. The maximum Gasteiger partial charge on any atom is 0.106 e. The quantitative estimate of drug-likeness (QED) is 0.800. The molecule has 1 aromatic rings. The summed E-state index contributed by atoms with van der Waals surface area (Å²) < 4.78 is 0. The van der Waals surface area contributed by atoms with Crippen LogP contribution >= 0.6 is 0 Å². The van der Waals surface area contributed by atoms with Gasteiger partial charge in [-0.15, -0.1) is 0 Å². The molecule has 2 saturated heterocycles. The van der Waals surface area contributed by atoms with E-state index in [1.807, 2.05) is 0 Å². The van der Waals surface area contributed by atoms with Gasteiger partial charge in [-0.05, 0) is 36.6 Å². The lowest BCUT2D eigenvalue weighted by Gasteiger charge is -2.29. The molecule has 23 heavy (non-hydrogen) atoms. The van der Waals surface area contributed by atoms with Gasteiger partial charge >= 0.3 is 0 Å². The Bertz CT molecular complexity index is 587. The van der Waals surface area contributed by atoms with Crippen molar-refractivity contribution in [1.29, 1.82) is 0 Å². The van der Waals surface area contributed by atoms with Crippen LogP contribution in [0.25, 0.3) is 0 Å². The molecule has 1 aliphatic carbocycles. The molecule has 0 aromatic heterocycles. The number of rotatable bonds is 4. The van der Waals surface area contributed by atoms with Gasteiger partial charge in [-0.2, -0.15) is 0 Å². The standard InChI is InChI=1S/C19H27N3O/c1-3-21-13-16-12-19(16,14-21)15-4-6-18(7-5-15)22-10-8-17(9-11-22)20-23-2/h4-7,16H,3,8-14H2,1-2H3. The van der Waals surface area contributed by atoms with Gasteiger partial charge in [0.15, 0.2) is 0 Å². The Morgan fingerprint density at radius 2 is 1.96 bits per heavy atom. The first-order chi connectivity index (χ1) is 11.2. The summed E-state index contributed by atoms with van der Waals surface area (Å²) in [5.41, 5.74) is 4.57. The van der Waals surface area contributed by atoms with E-state index in [-0.39, 0.29) is 0 Å². The van der Waals surface area contributed by atoms with Gasteiger partial charge in [0.1, 0.15) is 7.11 Å². The van der Waals surface area contributed by atoms with Crippen LogP contribution in [-0.4, -0.2) is 50.4 Å². The average Bonchev–Trinajstić information content (AvgIpc) is 3.18. The fraction of sp³-hybridized carbons (Fsp3) is 0.632. The summed E-state index contributed by atoms with van der Waals surface area (Å²) in [4.78, 5) is 9.96. The number of piperidine rings is 2. The molecule has 3 aliphatic rings. The second-order valence-corrected chi connectivity index (χ2v) is 7.26. The number of nitrogens with zero attached hydrogens (tertiary/aromatic N) is 3. The maximum absolute atomic E-state index is 4.89. The fourth-order valence-corrected chi connectivity index (χ4v) is 4.52. The van der Waals surface area contributed by atoms with Crippen LogP contribution in [0.4, 0.5) is 5.69 Å². The predicted molar refractivity (Wildman–Crippen MR) is 94.2 cm³/mol. The van der Waals surface area contributed by atoms with E-state index >= 15 is 0 Å². The van der Waals surface area contributed by atoms with Crippen LogP contribution in [0.1, 0.15) is 31.7 Å². The van der Waals surface area contributed by atoms with Gasteiger partial charge in [0.2, 0.25) is 0 Å². The molecule has 124 valence electrons. The van der Waals surface area contributed by atoms with Gasteiger partial charge in [-0.25, -0.2) is 0 Å². The lowest BCUT2D eigenvalue weighted by atomic mass is 9.94. The van der Waals surface area contributed by atoms with E-state index in [1.54, 1.807) is 12.7 Å². The van der Waals surface area contributed by atoms with E-state index in [4.69, 9.17) is 4.84 Å². The van der Waals surface area contributed by atoms with Crippen molar-refractivity contribution in [2.75, 3.05) is 44.7 Å². The van der Waals surface area contributed by atoms with Crippen molar-refractivity contribution in [3.8, 4) is 0 Å². The third-order valence-electron chi connectivity index (χ3n) is 6.03. The van der Waals surface area contributed by atoms with E-state index in [2.05, 4.69) is 46.1 Å². The minimum atomic E-state index is 0.481. The molecule has 0 bridgehead atoms. The van der Waals surface area contributed by atoms with E-state index in [0.29, 0.717) is 5.41 Å². The highest BCUT2D eigenvalue weighted by Gasteiger charge is 2.60. The van der Waals surface area contributed by atoms with Crippen molar-refractivity contribution < 1.29 is 4.84 Å². The van der Waals surface area contributed by atoms with Crippen LogP contribution in [-0.2, 0) is 10.3 Å². The average molecular weight is 313 g/mol. The summed E-state index contributed by atoms with van der Waals surface area (Å²) >= 11 is 0. The maximum atomic E-state index is 4.89. The molecule has 0 radical (unpaired) electrons. The van der Waals surface area contributed by atoms with Crippen LogP contribution in [0.15, 0.2) is 29.4 Å². The molecule has 0 spiro atoms. The molecule has 1 aromatic carbocycles. The van der Waals surface area contributed by atoms with Gasteiger partial charge in [-0.1, -0.05) is 24.2 Å². The van der Waals surface area contributed by atoms with Gasteiger partial charge < -0.3 is 14.6 Å². The molecule has 4 rings (SSSR count). The molecule has 4 nitrogen and oxygen atoms in total. The summed E-state index contributed by atoms with van der Waals surface area (Å²) in [6.07, 6.45) is 3.41. The van der Waals surface area contributed by atoms with E-state index < -0.39 is 0 Å². The highest BCUT2D eigenvalue weighted by molar-refractivity contribution is 5.86. The van der Waals surface area contributed by atoms with Crippen LogP contribution in [0.3, 0.4) is 0 Å². The summed E-state index contributed by atoms with van der Waals surface area (Å²) in [5.74, 6) is 0.899. The van der Waals surface area contributed by atoms with Gasteiger partial charge in [0, 0.05) is 50.1 Å². The van der Waals surface area contributed by atoms with Crippen molar-refractivity contribution in [3.63, 3.8) is 0 Å². The SMILES string of the molecule is CCN1CC2CC2(c2ccc(N3CCC(=NOC)CC3)cc2)C1. The number of likely N-dealkylation sites (N-methyl/N-ethyl adjacent to an activating group) is 1. The molecule has 3 fully saturated rings. The van der Waals surface area contributed by atoms with Gasteiger partial charge in [0.25, 0.3) is 0 Å². The van der Waals surface area contributed by atoms with E-state index in [9.17, 15) is 0 Å². The normalized spacial score (nSPS) is 30.3. The predicted octanol–water partition coefficient (Wildman–Crippen LogP) is 2.88. The Morgan fingerprint density at radius 1 is 1.22 bits per heavy atom. The number of hydrogen-bond acceptors (Lipinski definition) is 4. The zero-order valence-corrected chi connectivity index (χ0v) is 14.3. The molecular weight excluding hydrogens is 286 g/mol. The summed E-state index contributed by atoms with van der Waals surface area (Å²) in [5, 5.41) is 4.09. The summed E-state index contributed by atoms with van der Waals surface area (Å²) in [6, 6.07) is 9.42.